The quantitative estimate of drug-likeness (QED) is 0.429. The first kappa shape index (κ1) is 22.9. The number of allylic oxidation sites excluding steroid dienone is 4. The second kappa shape index (κ2) is 10.0. The zero-order valence-electron chi connectivity index (χ0n) is 16.6. The van der Waals surface area contributed by atoms with Gasteiger partial charge in [-0.25, -0.2) is 9.59 Å². The first-order chi connectivity index (χ1) is 11.4. The van der Waals surface area contributed by atoms with Gasteiger partial charge in [0, 0.05) is 12.0 Å². The van der Waals surface area contributed by atoms with Crippen LogP contribution in [0, 0.1) is 0 Å². The number of amides is 1. The van der Waals surface area contributed by atoms with Gasteiger partial charge in [0.1, 0.15) is 11.6 Å². The fourth-order valence-corrected chi connectivity index (χ4v) is 2.04. The molecule has 1 amide bonds. The van der Waals surface area contributed by atoms with Crippen molar-refractivity contribution in [1.82, 2.24) is 5.32 Å². The molecular formula is C19H31NO5. The van der Waals surface area contributed by atoms with Crippen LogP contribution in [0.1, 0.15) is 61.3 Å². The predicted octanol–water partition coefficient (Wildman–Crippen LogP) is 3.70. The molecule has 25 heavy (non-hydrogen) atoms. The third-order valence-corrected chi connectivity index (χ3v) is 3.11. The van der Waals surface area contributed by atoms with Gasteiger partial charge in [0.25, 0.3) is 0 Å². The summed E-state index contributed by atoms with van der Waals surface area (Å²) < 4.78 is 9.85. The van der Waals surface area contributed by atoms with Crippen molar-refractivity contribution in [3.63, 3.8) is 0 Å². The molecule has 0 rings (SSSR count). The number of esters is 1. The predicted molar refractivity (Wildman–Crippen MR) is 97.2 cm³/mol. The maximum absolute atomic E-state index is 12.5. The number of ether oxygens (including phenoxy) is 2. The molecule has 0 bridgehead atoms. The van der Waals surface area contributed by atoms with Crippen molar-refractivity contribution in [2.75, 3.05) is 7.11 Å². The normalized spacial score (nSPS) is 11.8. The van der Waals surface area contributed by atoms with Gasteiger partial charge < -0.3 is 14.8 Å². The number of nitrogens with one attached hydrogen (secondary N) is 1. The zero-order valence-corrected chi connectivity index (χ0v) is 16.6. The number of Topliss-reactive ketones (excluding diaryl/α,β-unsaturated/α-hetero) is 1. The van der Waals surface area contributed by atoms with Crippen molar-refractivity contribution in [2.45, 2.75) is 73.0 Å². The largest absolute Gasteiger partial charge is 0.467 e. The Balaban J connectivity index is 5.04. The highest BCUT2D eigenvalue weighted by molar-refractivity contribution is 5.99. The molecule has 142 valence electrons. The van der Waals surface area contributed by atoms with E-state index in [1.807, 2.05) is 33.8 Å². The maximum atomic E-state index is 12.5. The molecule has 0 aromatic carbocycles. The number of hydrogen-bond donors (Lipinski definition) is 1. The van der Waals surface area contributed by atoms with E-state index < -0.39 is 23.7 Å². The molecule has 0 aliphatic rings. The summed E-state index contributed by atoms with van der Waals surface area (Å²) in [5.74, 6) is -0.694. The highest BCUT2D eigenvalue weighted by Gasteiger charge is 2.26. The molecule has 0 spiro atoms. The van der Waals surface area contributed by atoms with Crippen LogP contribution in [0.2, 0.25) is 0 Å². The highest BCUT2D eigenvalue weighted by Crippen LogP contribution is 2.14. The average molecular weight is 353 g/mol. The van der Waals surface area contributed by atoms with E-state index in [1.165, 1.54) is 7.11 Å². The Morgan fingerprint density at radius 1 is 1.08 bits per heavy atom. The van der Waals surface area contributed by atoms with Crippen LogP contribution in [0.15, 0.2) is 22.8 Å². The third kappa shape index (κ3) is 9.69. The van der Waals surface area contributed by atoms with Crippen molar-refractivity contribution in [3.8, 4) is 0 Å². The minimum absolute atomic E-state index is 0.0823. The van der Waals surface area contributed by atoms with E-state index in [4.69, 9.17) is 9.47 Å². The van der Waals surface area contributed by atoms with Crippen molar-refractivity contribution in [3.05, 3.63) is 22.8 Å². The van der Waals surface area contributed by atoms with E-state index in [1.54, 1.807) is 20.8 Å². The lowest BCUT2D eigenvalue weighted by atomic mass is 9.98. The van der Waals surface area contributed by atoms with E-state index >= 15 is 0 Å². The zero-order chi connectivity index (χ0) is 19.8. The number of hydrogen-bond acceptors (Lipinski definition) is 5. The van der Waals surface area contributed by atoms with E-state index in [9.17, 15) is 14.4 Å². The minimum Gasteiger partial charge on any atom is -0.467 e. The van der Waals surface area contributed by atoms with E-state index in [-0.39, 0.29) is 18.6 Å². The van der Waals surface area contributed by atoms with Gasteiger partial charge in [-0.2, -0.15) is 0 Å². The van der Waals surface area contributed by atoms with E-state index in [0.717, 1.165) is 11.1 Å². The number of carbonyl (C=O) groups excluding carboxylic acids is 3. The maximum Gasteiger partial charge on any atom is 0.408 e. The van der Waals surface area contributed by atoms with Crippen molar-refractivity contribution < 1.29 is 23.9 Å². The van der Waals surface area contributed by atoms with E-state index in [0.29, 0.717) is 5.57 Å². The van der Waals surface area contributed by atoms with Crippen LogP contribution >= 0.6 is 0 Å². The summed E-state index contributed by atoms with van der Waals surface area (Å²) >= 11 is 0. The van der Waals surface area contributed by atoms with Crippen molar-refractivity contribution in [1.29, 1.82) is 0 Å². The molecule has 0 aliphatic heterocycles. The monoisotopic (exact) mass is 353 g/mol. The van der Waals surface area contributed by atoms with Crippen LogP contribution in [0.25, 0.3) is 0 Å². The van der Waals surface area contributed by atoms with Gasteiger partial charge in [-0.1, -0.05) is 17.2 Å². The highest BCUT2D eigenvalue weighted by atomic mass is 16.6. The van der Waals surface area contributed by atoms with Gasteiger partial charge in [0.2, 0.25) is 0 Å². The van der Waals surface area contributed by atoms with Crippen molar-refractivity contribution in [2.24, 2.45) is 0 Å². The minimum atomic E-state index is -0.936. The molecule has 1 N–H and O–H groups in total. The van der Waals surface area contributed by atoms with Crippen LogP contribution in [0.4, 0.5) is 4.79 Å². The first-order valence-corrected chi connectivity index (χ1v) is 8.30. The van der Waals surface area contributed by atoms with Gasteiger partial charge >= 0.3 is 12.1 Å². The smallest absolute Gasteiger partial charge is 0.408 e. The number of ketones is 1. The summed E-state index contributed by atoms with van der Waals surface area (Å²) in [6, 6.07) is -0.936. The summed E-state index contributed by atoms with van der Waals surface area (Å²) in [5, 5.41) is 2.47. The summed E-state index contributed by atoms with van der Waals surface area (Å²) in [5.41, 5.74) is 1.86. The van der Waals surface area contributed by atoms with E-state index in [2.05, 4.69) is 5.32 Å². The molecule has 0 saturated carbocycles. The second-order valence-electron chi connectivity index (χ2n) is 7.32. The molecule has 0 aliphatic carbocycles. The summed E-state index contributed by atoms with van der Waals surface area (Å²) in [6.45, 7) is 12.7. The second-order valence-corrected chi connectivity index (χ2v) is 7.32. The molecule has 0 aromatic rings. The van der Waals surface area contributed by atoms with Crippen LogP contribution < -0.4 is 5.32 Å². The summed E-state index contributed by atoms with van der Waals surface area (Å²) in [6.07, 6.45) is 1.35. The molecule has 0 aromatic heterocycles. The lowest BCUT2D eigenvalue weighted by molar-refractivity contribution is -0.143. The Morgan fingerprint density at radius 3 is 2.04 bits per heavy atom. The Bertz CT molecular complexity index is 559. The molecule has 6 heteroatoms. The molecule has 0 fully saturated rings. The van der Waals surface area contributed by atoms with Gasteiger partial charge in [-0.15, -0.1) is 0 Å². The first-order valence-electron chi connectivity index (χ1n) is 8.30. The van der Waals surface area contributed by atoms with Crippen LogP contribution in [-0.2, 0) is 19.1 Å². The number of methoxy groups -OCH3 is 1. The van der Waals surface area contributed by atoms with Crippen LogP contribution in [-0.4, -0.2) is 36.6 Å². The standard InChI is InChI=1S/C19H31NO5/c1-12(2)11-14(13(3)4)16(21)10-9-15(17(22)24-8)20-18(23)25-19(5,6)7/h11,15H,9-10H2,1-8H3,(H,20,23)/t15-/m1/s1. The number of alkyl carbamates (subject to hydrolysis) is 1. The Labute approximate surface area is 150 Å². The van der Waals surface area contributed by atoms with Crippen LogP contribution in [0.3, 0.4) is 0 Å². The Morgan fingerprint density at radius 2 is 1.64 bits per heavy atom. The van der Waals surface area contributed by atoms with Gasteiger partial charge in [-0.05, 0) is 54.9 Å². The number of rotatable bonds is 7. The fraction of sp³-hybridized carbons (Fsp3) is 0.632. The molecule has 6 nitrogen and oxygen atoms in total. The third-order valence-electron chi connectivity index (χ3n) is 3.11. The molecular weight excluding hydrogens is 322 g/mol. The van der Waals surface area contributed by atoms with Crippen molar-refractivity contribution >= 4 is 17.8 Å². The lowest BCUT2D eigenvalue weighted by Gasteiger charge is -2.22. The van der Waals surface area contributed by atoms with Crippen LogP contribution in [0.5, 0.6) is 0 Å². The van der Waals surface area contributed by atoms with Gasteiger partial charge in [0.05, 0.1) is 7.11 Å². The molecule has 0 saturated heterocycles. The average Bonchev–Trinajstić information content (AvgIpc) is 2.45. The molecule has 0 unspecified atom stereocenters. The SMILES string of the molecule is COC(=O)[C@@H](CCC(=O)C(C=C(C)C)=C(C)C)NC(=O)OC(C)(C)C. The summed E-state index contributed by atoms with van der Waals surface area (Å²) in [4.78, 5) is 36.2. The molecule has 0 radical (unpaired) electrons. The summed E-state index contributed by atoms with van der Waals surface area (Å²) in [7, 11) is 1.23. The topological polar surface area (TPSA) is 81.7 Å². The van der Waals surface area contributed by atoms with Gasteiger partial charge in [-0.3, -0.25) is 4.79 Å². The lowest BCUT2D eigenvalue weighted by Crippen LogP contribution is -2.44. The Hall–Kier alpha value is -2.11. The fourth-order valence-electron chi connectivity index (χ4n) is 2.04. The molecule has 0 heterocycles. The number of carbonyl (C=O) groups is 3. The molecule has 1 atom stereocenters. The van der Waals surface area contributed by atoms with Gasteiger partial charge in [0.15, 0.2) is 5.78 Å². The Kier molecular flexibility index (Phi) is 9.17.